The molecule has 4 aromatic rings. The second-order valence-corrected chi connectivity index (χ2v) is 12.0. The molecular formula is C35H37N5O8. The second kappa shape index (κ2) is 14.0. The summed E-state index contributed by atoms with van der Waals surface area (Å²) < 4.78 is 23.5. The molecule has 4 aliphatic rings. The van der Waals surface area contributed by atoms with Crippen molar-refractivity contribution in [2.45, 2.75) is 51.3 Å². The summed E-state index contributed by atoms with van der Waals surface area (Å²) in [6.45, 7) is 4.10. The van der Waals surface area contributed by atoms with Gasteiger partial charge in [0.25, 0.3) is 23.7 Å². The first kappa shape index (κ1) is 32.4. The molecule has 250 valence electrons. The van der Waals surface area contributed by atoms with Crippen LogP contribution in [0.25, 0.3) is 11.1 Å². The van der Waals surface area contributed by atoms with E-state index in [2.05, 4.69) is 20.8 Å². The number of hydrogen-bond donors (Lipinski definition) is 3. The van der Waals surface area contributed by atoms with Gasteiger partial charge in [-0.2, -0.15) is 4.98 Å². The van der Waals surface area contributed by atoms with Crippen LogP contribution in [0, 0.1) is 6.92 Å². The van der Waals surface area contributed by atoms with Crippen LogP contribution in [0.2, 0.25) is 0 Å². The quantitative estimate of drug-likeness (QED) is 0.291. The molecular weight excluding hydrogens is 618 g/mol. The van der Waals surface area contributed by atoms with Crippen molar-refractivity contribution in [1.82, 2.24) is 20.8 Å². The molecule has 0 spiro atoms. The average Bonchev–Trinajstić information content (AvgIpc) is 3.67. The summed E-state index contributed by atoms with van der Waals surface area (Å²) in [5, 5.41) is 17.7. The van der Waals surface area contributed by atoms with Crippen LogP contribution >= 0.6 is 0 Å². The molecule has 0 radical (unpaired) electrons. The van der Waals surface area contributed by atoms with Gasteiger partial charge < -0.3 is 39.4 Å². The molecule has 8 rings (SSSR count). The van der Waals surface area contributed by atoms with Crippen LogP contribution in [0.4, 0.5) is 5.95 Å². The van der Waals surface area contributed by atoms with Gasteiger partial charge in [0.2, 0.25) is 5.89 Å². The number of fused-ring (bicyclic) bond motifs is 7. The minimum atomic E-state index is -0.833. The zero-order valence-electron chi connectivity index (χ0n) is 26.9. The Hall–Kier alpha value is -5.59. The van der Waals surface area contributed by atoms with E-state index in [4.69, 9.17) is 28.6 Å². The van der Waals surface area contributed by atoms with E-state index in [0.717, 1.165) is 42.0 Å². The van der Waals surface area contributed by atoms with Crippen LogP contribution in [-0.2, 0) is 16.1 Å². The van der Waals surface area contributed by atoms with Gasteiger partial charge in [0.1, 0.15) is 11.9 Å². The van der Waals surface area contributed by atoms with Crippen molar-refractivity contribution in [3.05, 3.63) is 83.2 Å². The Labute approximate surface area is 277 Å². The monoisotopic (exact) mass is 655 g/mol. The fraction of sp³-hybridized carbons (Fsp3) is 0.343. The molecule has 1 aromatic heterocycles. The Morgan fingerprint density at radius 2 is 1.85 bits per heavy atom. The highest BCUT2D eigenvalue weighted by molar-refractivity contribution is 5.96. The van der Waals surface area contributed by atoms with E-state index in [0.29, 0.717) is 60.2 Å². The Balaban J connectivity index is 0.000000952. The van der Waals surface area contributed by atoms with Gasteiger partial charge in [-0.05, 0) is 83.6 Å². The predicted molar refractivity (Wildman–Crippen MR) is 174 cm³/mol. The fourth-order valence-corrected chi connectivity index (χ4v) is 5.61. The first-order valence-electron chi connectivity index (χ1n) is 15.7. The number of carboxylic acids is 1. The summed E-state index contributed by atoms with van der Waals surface area (Å²) in [7, 11) is 1.57. The van der Waals surface area contributed by atoms with E-state index in [1.54, 1.807) is 7.11 Å². The number of aryl methyl sites for hydroxylation is 1. The van der Waals surface area contributed by atoms with Gasteiger partial charge >= 0.3 is 0 Å². The van der Waals surface area contributed by atoms with Crippen LogP contribution in [0.5, 0.6) is 17.2 Å². The van der Waals surface area contributed by atoms with Crippen molar-refractivity contribution in [3.63, 3.8) is 0 Å². The summed E-state index contributed by atoms with van der Waals surface area (Å²) in [4.78, 5) is 41.9. The van der Waals surface area contributed by atoms with Crippen molar-refractivity contribution in [2.75, 3.05) is 31.7 Å². The van der Waals surface area contributed by atoms with Gasteiger partial charge in [0.15, 0.2) is 18.1 Å². The Morgan fingerprint density at radius 3 is 2.62 bits per heavy atom. The third-order valence-corrected chi connectivity index (χ3v) is 8.23. The first-order valence-corrected chi connectivity index (χ1v) is 15.7. The average molecular weight is 656 g/mol. The predicted octanol–water partition coefficient (Wildman–Crippen LogP) is 4.10. The van der Waals surface area contributed by atoms with Crippen molar-refractivity contribution < 1.29 is 38.2 Å². The lowest BCUT2D eigenvalue weighted by Crippen LogP contribution is -2.45. The number of hydrogen-bond acceptors (Lipinski definition) is 10. The van der Waals surface area contributed by atoms with Crippen molar-refractivity contribution in [1.29, 1.82) is 0 Å². The number of carboxylic acid groups (broad SMARTS) is 1. The second-order valence-electron chi connectivity index (χ2n) is 12.0. The SMILES string of the molecule is CC(=O)O.COc1cc2ccc1O[C@H]1CN(c3noc(C4CC4)n3)C[C@@H]1NC(=O)c1ccc(C)c(c1)-c1cccc(c1)OCC(=O)NC2. The van der Waals surface area contributed by atoms with Crippen molar-refractivity contribution in [3.8, 4) is 28.4 Å². The Kier molecular flexibility index (Phi) is 9.46. The highest BCUT2D eigenvalue weighted by Gasteiger charge is 2.39. The lowest BCUT2D eigenvalue weighted by Gasteiger charge is -2.23. The molecule has 2 atom stereocenters. The number of carbonyl (C=O) groups excluding carboxylic acids is 2. The maximum absolute atomic E-state index is 13.7. The lowest BCUT2D eigenvalue weighted by molar-refractivity contribution is -0.134. The number of carbonyl (C=O) groups is 3. The Morgan fingerprint density at radius 1 is 1.04 bits per heavy atom. The minimum absolute atomic E-state index is 0.134. The third kappa shape index (κ3) is 7.68. The van der Waals surface area contributed by atoms with Gasteiger partial charge in [-0.3, -0.25) is 14.4 Å². The normalized spacial score (nSPS) is 19.0. The maximum atomic E-state index is 13.7. The zero-order valence-corrected chi connectivity index (χ0v) is 26.9. The summed E-state index contributed by atoms with van der Waals surface area (Å²) in [5.41, 5.74) is 4.13. The molecule has 3 aliphatic heterocycles. The van der Waals surface area contributed by atoms with Crippen molar-refractivity contribution in [2.24, 2.45) is 0 Å². The molecule has 4 heterocycles. The number of amides is 2. The molecule has 48 heavy (non-hydrogen) atoms. The van der Waals surface area contributed by atoms with E-state index in [9.17, 15) is 9.59 Å². The lowest BCUT2D eigenvalue weighted by atomic mass is 9.97. The summed E-state index contributed by atoms with van der Waals surface area (Å²) in [6, 6.07) is 18.3. The third-order valence-electron chi connectivity index (χ3n) is 8.23. The van der Waals surface area contributed by atoms with Crippen LogP contribution < -0.4 is 29.7 Å². The van der Waals surface area contributed by atoms with Gasteiger partial charge in [0.05, 0.1) is 19.7 Å². The molecule has 2 amide bonds. The topological polar surface area (TPSA) is 165 Å². The zero-order chi connectivity index (χ0) is 33.8. The highest BCUT2D eigenvalue weighted by Crippen LogP contribution is 2.40. The fourth-order valence-electron chi connectivity index (χ4n) is 5.61. The number of rotatable bonds is 3. The van der Waals surface area contributed by atoms with Gasteiger partial charge in [-0.1, -0.05) is 24.3 Å². The van der Waals surface area contributed by atoms with Gasteiger partial charge in [-0.15, -0.1) is 0 Å². The van der Waals surface area contributed by atoms with Gasteiger partial charge in [-0.25, -0.2) is 0 Å². The first-order chi connectivity index (χ1) is 23.2. The summed E-state index contributed by atoms with van der Waals surface area (Å²) in [6.07, 6.45) is 1.67. The number of anilines is 1. The van der Waals surface area contributed by atoms with E-state index in [-0.39, 0.29) is 24.5 Å². The minimum Gasteiger partial charge on any atom is -0.493 e. The van der Waals surface area contributed by atoms with E-state index >= 15 is 0 Å². The van der Waals surface area contributed by atoms with E-state index in [1.807, 2.05) is 72.5 Å². The number of benzene rings is 3. The Bertz CT molecular complexity index is 1820. The van der Waals surface area contributed by atoms with Crippen molar-refractivity contribution >= 4 is 23.7 Å². The van der Waals surface area contributed by atoms with Gasteiger partial charge in [0, 0.05) is 31.5 Å². The molecule has 13 heteroatoms. The number of nitrogens with zero attached hydrogens (tertiary/aromatic N) is 3. The number of ether oxygens (including phenoxy) is 3. The van der Waals surface area contributed by atoms with Crippen LogP contribution in [0.3, 0.4) is 0 Å². The molecule has 3 aromatic carbocycles. The molecule has 3 N–H and O–H groups in total. The number of aromatic nitrogens is 2. The molecule has 2 fully saturated rings. The molecule has 13 nitrogen and oxygen atoms in total. The number of methoxy groups -OCH3 is 1. The van der Waals surface area contributed by atoms with Crippen LogP contribution in [0.15, 0.2) is 65.2 Å². The highest BCUT2D eigenvalue weighted by atomic mass is 16.5. The van der Waals surface area contributed by atoms with Crippen LogP contribution in [-0.4, -0.2) is 72.0 Å². The molecule has 1 aliphatic carbocycles. The summed E-state index contributed by atoms with van der Waals surface area (Å²) >= 11 is 0. The summed E-state index contributed by atoms with van der Waals surface area (Å²) in [5.74, 6) is 1.76. The molecule has 1 saturated carbocycles. The maximum Gasteiger partial charge on any atom is 0.300 e. The number of aliphatic carboxylic acids is 1. The molecule has 1 saturated heterocycles. The van der Waals surface area contributed by atoms with E-state index in [1.165, 1.54) is 0 Å². The van der Waals surface area contributed by atoms with Crippen LogP contribution in [0.1, 0.15) is 53.1 Å². The largest absolute Gasteiger partial charge is 0.493 e. The molecule has 0 unspecified atom stereocenters. The molecule has 6 bridgehead atoms. The van der Waals surface area contributed by atoms with E-state index < -0.39 is 12.1 Å². The standard InChI is InChI=1S/C33H33N5O6.C2H4O2/c1-19-6-8-23-14-25(19)22-4-3-5-24(13-22)42-18-30(39)34-15-20-7-11-27(28(12-20)41-2)43-29-17-38(16-26(29)35-31(23)40)33-36-32(44-37-33)21-9-10-21;1-2(3)4/h3-8,11-14,21,26,29H,9-10,15-18H2,1-2H3,(H,34,39)(H,35,40);1H3,(H,3,4)/t26-,29-;/m0./s1. The number of nitrogens with one attached hydrogen (secondary N) is 2. The smallest absolute Gasteiger partial charge is 0.300 e.